The molecule has 5 rings (SSSR count). The maximum atomic E-state index is 13.5. The van der Waals surface area contributed by atoms with Gasteiger partial charge in [-0.1, -0.05) is 0 Å². The first kappa shape index (κ1) is 30.4. The molecule has 2 aromatic heterocycles. The van der Waals surface area contributed by atoms with Gasteiger partial charge >= 0.3 is 12.1 Å². The molecule has 228 valence electrons. The van der Waals surface area contributed by atoms with Gasteiger partial charge in [0.05, 0.1) is 30.3 Å². The van der Waals surface area contributed by atoms with Gasteiger partial charge < -0.3 is 25.0 Å². The number of nitrogens with one attached hydrogen (secondary N) is 2. The summed E-state index contributed by atoms with van der Waals surface area (Å²) < 4.78 is 49.5. The Kier molecular flexibility index (Phi) is 8.64. The molecule has 2 unspecified atom stereocenters. The van der Waals surface area contributed by atoms with Gasteiger partial charge in [-0.05, 0) is 45.4 Å². The summed E-state index contributed by atoms with van der Waals surface area (Å²) in [6, 6.07) is 2.22. The second kappa shape index (κ2) is 12.2. The number of aromatic nitrogens is 3. The van der Waals surface area contributed by atoms with E-state index in [1.54, 1.807) is 30.2 Å². The monoisotopic (exact) mass is 618 g/mol. The largest absolute Gasteiger partial charge is 0.481 e. The van der Waals surface area contributed by atoms with E-state index in [0.717, 1.165) is 17.3 Å². The highest BCUT2D eigenvalue weighted by atomic mass is 32.1. The number of methoxy groups -OCH3 is 1. The molecule has 1 fully saturated rings. The Hall–Kier alpha value is -4.11. The molecular weight excluding hydrogens is 589 g/mol. The van der Waals surface area contributed by atoms with E-state index < -0.39 is 23.9 Å². The number of piperidine rings is 1. The summed E-state index contributed by atoms with van der Waals surface area (Å²) in [5, 5.41) is 6.71. The van der Waals surface area contributed by atoms with Crippen molar-refractivity contribution in [1.29, 1.82) is 0 Å². The summed E-state index contributed by atoms with van der Waals surface area (Å²) in [7, 11) is 1.35. The van der Waals surface area contributed by atoms with Gasteiger partial charge in [0, 0.05) is 47.2 Å². The number of halogens is 3. The highest BCUT2D eigenvalue weighted by Gasteiger charge is 2.36. The van der Waals surface area contributed by atoms with Crippen LogP contribution in [0.2, 0.25) is 0 Å². The zero-order valence-electron chi connectivity index (χ0n) is 23.5. The molecule has 3 aromatic rings. The van der Waals surface area contributed by atoms with Crippen LogP contribution in [0.25, 0.3) is 10.6 Å². The molecule has 43 heavy (non-hydrogen) atoms. The molecule has 3 atom stereocenters. The highest BCUT2D eigenvalue weighted by molar-refractivity contribution is 7.15. The maximum absolute atomic E-state index is 13.5. The molecule has 2 aliphatic heterocycles. The second-order valence-electron chi connectivity index (χ2n) is 10.4. The molecule has 2 aliphatic rings. The van der Waals surface area contributed by atoms with Crippen LogP contribution < -0.4 is 20.3 Å². The molecule has 0 spiro atoms. The summed E-state index contributed by atoms with van der Waals surface area (Å²) in [6.45, 7) is 4.07. The Morgan fingerprint density at radius 1 is 1.23 bits per heavy atom. The third-order valence-electron chi connectivity index (χ3n) is 7.32. The smallest absolute Gasteiger partial charge is 0.451 e. The maximum Gasteiger partial charge on any atom is 0.451 e. The number of hydrogen-bond donors (Lipinski definition) is 2. The Morgan fingerprint density at radius 2 is 1.98 bits per heavy atom. The number of anilines is 1. The number of carbonyl (C=O) groups is 3. The van der Waals surface area contributed by atoms with E-state index in [2.05, 4.69) is 25.6 Å². The molecule has 1 aromatic carbocycles. The molecule has 15 heteroatoms. The van der Waals surface area contributed by atoms with E-state index in [0.29, 0.717) is 41.4 Å². The van der Waals surface area contributed by atoms with Crippen molar-refractivity contribution in [1.82, 2.24) is 25.6 Å². The van der Waals surface area contributed by atoms with Gasteiger partial charge in [-0.25, -0.2) is 15.0 Å². The van der Waals surface area contributed by atoms with Crippen molar-refractivity contribution in [2.75, 3.05) is 31.7 Å². The van der Waals surface area contributed by atoms with Crippen molar-refractivity contribution in [3.8, 4) is 16.3 Å². The number of rotatable bonds is 7. The number of alkyl halides is 3. The average molecular weight is 619 g/mol. The molecule has 2 amide bonds. The van der Waals surface area contributed by atoms with Gasteiger partial charge in [-0.15, -0.1) is 11.3 Å². The lowest BCUT2D eigenvalue weighted by Crippen LogP contribution is -2.51. The fraction of sp³-hybridized carbons (Fsp3) is 0.429. The average Bonchev–Trinajstić information content (AvgIpc) is 3.43. The quantitative estimate of drug-likeness (QED) is 0.380. The van der Waals surface area contributed by atoms with Crippen LogP contribution in [-0.2, 0) is 20.5 Å². The van der Waals surface area contributed by atoms with E-state index >= 15 is 0 Å². The SMILES string of the molecule is COC(=O)C1CCNC(CN2C(=O)COc3c(-c4ncc(C)s4)cc(C(=O)N[C@H](C)c4cnc(C(F)(F)F)nc4)cc32)C1. The molecule has 2 N–H and O–H groups in total. The molecule has 1 saturated heterocycles. The lowest BCUT2D eigenvalue weighted by molar-refractivity contribution is -0.147. The predicted octanol–water partition coefficient (Wildman–Crippen LogP) is 3.68. The van der Waals surface area contributed by atoms with Gasteiger partial charge in [0.15, 0.2) is 12.4 Å². The highest BCUT2D eigenvalue weighted by Crippen LogP contribution is 2.43. The molecule has 0 aliphatic carbocycles. The Bertz CT molecular complexity index is 1530. The topological polar surface area (TPSA) is 136 Å². The zero-order valence-corrected chi connectivity index (χ0v) is 24.3. The third-order valence-corrected chi connectivity index (χ3v) is 8.27. The number of amides is 2. The number of carbonyl (C=O) groups excluding carboxylic acids is 3. The van der Waals surface area contributed by atoms with E-state index in [-0.39, 0.29) is 48.1 Å². The Morgan fingerprint density at radius 3 is 2.63 bits per heavy atom. The van der Waals surface area contributed by atoms with Crippen molar-refractivity contribution < 1.29 is 37.0 Å². The van der Waals surface area contributed by atoms with Crippen LogP contribution in [0.4, 0.5) is 18.9 Å². The van der Waals surface area contributed by atoms with Gasteiger partial charge in [-0.2, -0.15) is 13.2 Å². The van der Waals surface area contributed by atoms with Crippen LogP contribution in [0.15, 0.2) is 30.7 Å². The second-order valence-corrected chi connectivity index (χ2v) is 11.6. The minimum absolute atomic E-state index is 0.189. The minimum Gasteiger partial charge on any atom is -0.481 e. The first-order chi connectivity index (χ1) is 20.4. The molecule has 0 radical (unpaired) electrons. The number of benzene rings is 1. The number of aryl methyl sites for hydroxylation is 1. The van der Waals surface area contributed by atoms with E-state index in [9.17, 15) is 27.6 Å². The number of nitrogens with zero attached hydrogens (tertiary/aromatic N) is 4. The number of hydrogen-bond acceptors (Lipinski definition) is 10. The van der Waals surface area contributed by atoms with Crippen LogP contribution in [0.3, 0.4) is 0 Å². The minimum atomic E-state index is -4.68. The standard InChI is InChI=1S/C28H29F3N6O5S/c1-14-9-33-25(43-14)20-7-17(24(39)36-15(2)18-10-34-27(35-11-18)28(29,30)31)8-21-23(20)42-13-22(38)37(21)12-19-6-16(4-5-32-19)26(40)41-3/h7-11,15-16,19,32H,4-6,12-13H2,1-3H3,(H,36,39)/t15-,16?,19?/m1/s1. The lowest BCUT2D eigenvalue weighted by atomic mass is 9.92. The predicted molar refractivity (Wildman–Crippen MR) is 150 cm³/mol. The van der Waals surface area contributed by atoms with E-state index in [1.807, 2.05) is 6.92 Å². The molecule has 11 nitrogen and oxygen atoms in total. The summed E-state index contributed by atoms with van der Waals surface area (Å²) in [4.78, 5) is 52.5. The lowest BCUT2D eigenvalue weighted by Gasteiger charge is -2.36. The van der Waals surface area contributed by atoms with Gasteiger partial charge in [-0.3, -0.25) is 14.4 Å². The summed E-state index contributed by atoms with van der Waals surface area (Å²) in [5.41, 5.74) is 1.36. The summed E-state index contributed by atoms with van der Waals surface area (Å²) >= 11 is 1.39. The van der Waals surface area contributed by atoms with Crippen LogP contribution in [0, 0.1) is 12.8 Å². The van der Waals surface area contributed by atoms with Crippen molar-refractivity contribution in [3.05, 3.63) is 52.6 Å². The Labute approximate surface area is 248 Å². The fourth-order valence-electron chi connectivity index (χ4n) is 5.10. The van der Waals surface area contributed by atoms with Crippen LogP contribution >= 0.6 is 11.3 Å². The van der Waals surface area contributed by atoms with Gasteiger partial charge in [0.1, 0.15) is 5.01 Å². The normalized spacial score (nSPS) is 19.3. The van der Waals surface area contributed by atoms with E-state index in [4.69, 9.17) is 9.47 Å². The van der Waals surface area contributed by atoms with Gasteiger partial charge in [0.25, 0.3) is 11.8 Å². The first-order valence-electron chi connectivity index (χ1n) is 13.5. The van der Waals surface area contributed by atoms with Crippen LogP contribution in [0.1, 0.15) is 52.4 Å². The number of ether oxygens (including phenoxy) is 2. The van der Waals surface area contributed by atoms with Crippen LogP contribution in [0.5, 0.6) is 5.75 Å². The molecule has 0 saturated carbocycles. The first-order valence-corrected chi connectivity index (χ1v) is 14.3. The number of esters is 1. The number of thiazole rings is 1. The molecule has 0 bridgehead atoms. The summed E-state index contributed by atoms with van der Waals surface area (Å²) in [6.07, 6.45) is 0.137. The van der Waals surface area contributed by atoms with Crippen molar-refractivity contribution in [2.24, 2.45) is 5.92 Å². The fourth-order valence-corrected chi connectivity index (χ4v) is 5.88. The molecular formula is C28H29F3N6O5S. The van der Waals surface area contributed by atoms with Crippen LogP contribution in [-0.4, -0.2) is 65.6 Å². The zero-order chi connectivity index (χ0) is 30.9. The van der Waals surface area contributed by atoms with Crippen molar-refractivity contribution in [2.45, 2.75) is 44.9 Å². The van der Waals surface area contributed by atoms with Crippen molar-refractivity contribution >= 4 is 34.8 Å². The third kappa shape index (κ3) is 6.62. The van der Waals surface area contributed by atoms with Gasteiger partial charge in [0.2, 0.25) is 5.82 Å². The van der Waals surface area contributed by atoms with Crippen molar-refractivity contribution in [3.63, 3.8) is 0 Å². The Balaban J connectivity index is 1.46. The number of fused-ring (bicyclic) bond motifs is 1. The molecule has 4 heterocycles. The summed E-state index contributed by atoms with van der Waals surface area (Å²) in [5.74, 6) is -2.33. The van der Waals surface area contributed by atoms with E-state index in [1.165, 1.54) is 18.4 Å².